The second-order valence-electron chi connectivity index (χ2n) is 4.33. The molecule has 1 aromatic carbocycles. The molecule has 0 saturated carbocycles. The van der Waals surface area contributed by atoms with Gasteiger partial charge in [-0.2, -0.15) is 0 Å². The van der Waals surface area contributed by atoms with Crippen LogP contribution < -0.4 is 16.1 Å². The Kier molecular flexibility index (Phi) is 6.74. The summed E-state index contributed by atoms with van der Waals surface area (Å²) < 4.78 is 12.9. The maximum Gasteiger partial charge on any atom is 0.320 e. The van der Waals surface area contributed by atoms with Crippen molar-refractivity contribution in [1.82, 2.24) is 10.4 Å². The third-order valence-corrected chi connectivity index (χ3v) is 7.23. The van der Waals surface area contributed by atoms with Gasteiger partial charge in [-0.15, -0.1) is 0 Å². The van der Waals surface area contributed by atoms with Gasteiger partial charge in [-0.1, -0.05) is 18.2 Å². The quantitative estimate of drug-likeness (QED) is 0.278. The lowest BCUT2D eigenvalue weighted by molar-refractivity contribution is -0.138. The lowest BCUT2D eigenvalue weighted by Gasteiger charge is -2.21. The molecule has 0 heterocycles. The summed E-state index contributed by atoms with van der Waals surface area (Å²) in [7, 11) is 0. The lowest BCUT2D eigenvalue weighted by atomic mass is 10.4. The van der Waals surface area contributed by atoms with Crippen molar-refractivity contribution in [1.29, 1.82) is 5.41 Å². The van der Waals surface area contributed by atoms with E-state index in [2.05, 4.69) is 10.4 Å². The fourth-order valence-electron chi connectivity index (χ4n) is 1.48. The first kappa shape index (κ1) is 17.6. The normalized spacial score (nSPS) is 14.9. The second-order valence-corrected chi connectivity index (χ2v) is 9.35. The summed E-state index contributed by atoms with van der Waals surface area (Å²) >= 11 is 1.12. The molecule has 2 atom stereocenters. The van der Waals surface area contributed by atoms with E-state index in [0.717, 1.165) is 16.3 Å². The van der Waals surface area contributed by atoms with E-state index in [1.165, 1.54) is 6.92 Å². The molecule has 116 valence electrons. The zero-order chi connectivity index (χ0) is 15.9. The van der Waals surface area contributed by atoms with Crippen LogP contribution in [0.1, 0.15) is 6.92 Å². The number of guanidine groups is 1. The zero-order valence-corrected chi connectivity index (χ0v) is 13.3. The molecule has 1 unspecified atom stereocenters. The molecule has 21 heavy (non-hydrogen) atoms. The fraction of sp³-hybridized carbons (Fsp3) is 0.333. The van der Waals surface area contributed by atoms with Crippen LogP contribution in [-0.4, -0.2) is 35.8 Å². The number of aliphatic carboxylic acids is 1. The molecule has 0 bridgehead atoms. The molecule has 0 radical (unpaired) electrons. The molecule has 0 spiro atoms. The van der Waals surface area contributed by atoms with Crippen molar-refractivity contribution in [2.45, 2.75) is 17.9 Å². The molecular formula is C12H19N4O3PS. The van der Waals surface area contributed by atoms with Gasteiger partial charge in [-0.3, -0.25) is 14.8 Å². The monoisotopic (exact) mass is 330 g/mol. The number of nitrogens with two attached hydrogens (primary N) is 1. The number of hydrogen-bond donors (Lipinski definition) is 5. The van der Waals surface area contributed by atoms with Crippen LogP contribution in [0, 0.1) is 5.41 Å². The van der Waals surface area contributed by atoms with Crippen LogP contribution >= 0.6 is 17.9 Å². The van der Waals surface area contributed by atoms with Crippen LogP contribution in [0.15, 0.2) is 35.2 Å². The predicted molar refractivity (Wildman–Crippen MR) is 84.9 cm³/mol. The summed E-state index contributed by atoms with van der Waals surface area (Å²) in [4.78, 5) is 11.7. The topological polar surface area (TPSA) is 128 Å². The number of carbonyl (C=O) groups is 1. The third-order valence-electron chi connectivity index (χ3n) is 2.48. The largest absolute Gasteiger partial charge is 0.480 e. The molecule has 0 aliphatic heterocycles. The van der Waals surface area contributed by atoms with E-state index in [1.54, 1.807) is 0 Å². The first-order valence-corrected chi connectivity index (χ1v) is 9.56. The Morgan fingerprint density at radius 1 is 1.48 bits per heavy atom. The van der Waals surface area contributed by atoms with Crippen LogP contribution in [-0.2, 0) is 9.36 Å². The minimum Gasteiger partial charge on any atom is -0.480 e. The molecule has 0 fully saturated rings. The molecular weight excluding hydrogens is 311 g/mol. The maximum atomic E-state index is 12.9. The average molecular weight is 330 g/mol. The molecule has 9 heteroatoms. The smallest absolute Gasteiger partial charge is 0.320 e. The van der Waals surface area contributed by atoms with Gasteiger partial charge in [0.15, 0.2) is 5.96 Å². The predicted octanol–water partition coefficient (Wildman–Crippen LogP) is 1.52. The first-order valence-electron chi connectivity index (χ1n) is 6.24. The standard InChI is InChI=1S/C12H19N4O3PS/c1-9(11(17)18)16-20(19,8-7-15-12(13)14)21-10-5-3-2-4-6-10/h2-6,9H,7-8H2,1H3,(H,16,19)(H,17,18)(H4,13,14,15)/t9-,20?/m1/s1. The van der Waals surface area contributed by atoms with Gasteiger partial charge in [0.1, 0.15) is 6.04 Å². The number of hydrogen-bond acceptors (Lipinski definition) is 4. The van der Waals surface area contributed by atoms with Gasteiger partial charge in [-0.05, 0) is 30.4 Å². The number of benzene rings is 1. The van der Waals surface area contributed by atoms with Gasteiger partial charge in [0.25, 0.3) is 0 Å². The third kappa shape index (κ3) is 6.66. The second kappa shape index (κ2) is 8.07. The minimum absolute atomic E-state index is 0.170. The highest BCUT2D eigenvalue weighted by Gasteiger charge is 2.28. The Labute approximate surface area is 127 Å². The van der Waals surface area contributed by atoms with E-state index >= 15 is 0 Å². The van der Waals surface area contributed by atoms with Crippen molar-refractivity contribution in [2.75, 3.05) is 12.7 Å². The van der Waals surface area contributed by atoms with Crippen LogP contribution in [0.25, 0.3) is 0 Å². The van der Waals surface area contributed by atoms with Crippen LogP contribution in [0.5, 0.6) is 0 Å². The molecule has 1 rings (SSSR count). The minimum atomic E-state index is -3.04. The van der Waals surface area contributed by atoms with Gasteiger partial charge < -0.3 is 16.2 Å². The van der Waals surface area contributed by atoms with Gasteiger partial charge in [0.2, 0.25) is 6.49 Å². The molecule has 0 aromatic heterocycles. The summed E-state index contributed by atoms with van der Waals surface area (Å²) in [5.41, 5.74) is 5.19. The first-order chi connectivity index (χ1) is 9.82. The average Bonchev–Trinajstić information content (AvgIpc) is 2.38. The van der Waals surface area contributed by atoms with Crippen molar-refractivity contribution in [3.8, 4) is 0 Å². The van der Waals surface area contributed by atoms with Gasteiger partial charge in [0, 0.05) is 17.6 Å². The van der Waals surface area contributed by atoms with Crippen LogP contribution in [0.4, 0.5) is 0 Å². The molecule has 0 aliphatic carbocycles. The summed E-state index contributed by atoms with van der Waals surface area (Å²) in [5.74, 6) is -1.28. The Morgan fingerprint density at radius 3 is 2.62 bits per heavy atom. The molecule has 7 nitrogen and oxygen atoms in total. The number of rotatable bonds is 8. The zero-order valence-electron chi connectivity index (χ0n) is 11.6. The maximum absolute atomic E-state index is 12.9. The summed E-state index contributed by atoms with van der Waals surface area (Å²) in [5, 5.41) is 21.3. The molecule has 0 amide bonds. The van der Waals surface area contributed by atoms with E-state index in [1.807, 2.05) is 30.3 Å². The van der Waals surface area contributed by atoms with Crippen molar-refractivity contribution in [3.05, 3.63) is 30.3 Å². The molecule has 6 N–H and O–H groups in total. The van der Waals surface area contributed by atoms with Crippen molar-refractivity contribution >= 4 is 29.8 Å². The fourth-order valence-corrected chi connectivity index (χ4v) is 6.04. The van der Waals surface area contributed by atoms with Crippen molar-refractivity contribution in [2.24, 2.45) is 5.73 Å². The van der Waals surface area contributed by atoms with Gasteiger partial charge in [-0.25, -0.2) is 5.09 Å². The lowest BCUT2D eigenvalue weighted by Crippen LogP contribution is -2.35. The summed E-state index contributed by atoms with van der Waals surface area (Å²) in [6.45, 7) is -1.37. The highest BCUT2D eigenvalue weighted by atomic mass is 32.7. The van der Waals surface area contributed by atoms with E-state index in [0.29, 0.717) is 0 Å². The van der Waals surface area contributed by atoms with Crippen molar-refractivity contribution in [3.63, 3.8) is 0 Å². The Balaban J connectivity index is 2.79. The molecule has 0 saturated heterocycles. The van der Waals surface area contributed by atoms with Gasteiger partial charge >= 0.3 is 5.97 Å². The van der Waals surface area contributed by atoms with E-state index in [9.17, 15) is 9.36 Å². The molecule has 0 aliphatic rings. The number of carboxylic acids is 1. The van der Waals surface area contributed by atoms with Gasteiger partial charge in [0.05, 0.1) is 0 Å². The Morgan fingerprint density at radius 2 is 2.10 bits per heavy atom. The van der Waals surface area contributed by atoms with E-state index in [4.69, 9.17) is 16.2 Å². The SMILES string of the molecule is C[C@@H](NP(=O)(CCNC(=N)N)Sc1ccccc1)C(=O)O. The van der Waals surface area contributed by atoms with E-state index in [-0.39, 0.29) is 18.7 Å². The van der Waals surface area contributed by atoms with Crippen molar-refractivity contribution < 1.29 is 14.5 Å². The van der Waals surface area contributed by atoms with Crippen LogP contribution in [0.2, 0.25) is 0 Å². The summed E-state index contributed by atoms with van der Waals surface area (Å²) in [6, 6.07) is 8.18. The Hall–Kier alpha value is -1.50. The number of nitrogens with one attached hydrogen (secondary N) is 3. The molecule has 1 aromatic rings. The summed E-state index contributed by atoms with van der Waals surface area (Å²) in [6.07, 6.45) is 0.170. The highest BCUT2D eigenvalue weighted by molar-refractivity contribution is 8.57. The van der Waals surface area contributed by atoms with Crippen LogP contribution in [0.3, 0.4) is 0 Å². The number of carboxylic acid groups (broad SMARTS) is 1. The van der Waals surface area contributed by atoms with E-state index < -0.39 is 18.5 Å². The highest BCUT2D eigenvalue weighted by Crippen LogP contribution is 2.58. The Bertz CT molecular complexity index is 541.